The number of hydrogen-bond donors (Lipinski definition) is 1. The normalized spacial score (nSPS) is 11.7. The first kappa shape index (κ1) is 17.5. The van der Waals surface area contributed by atoms with E-state index in [0.29, 0.717) is 17.1 Å². The van der Waals surface area contributed by atoms with E-state index in [4.69, 9.17) is 11.6 Å². The fourth-order valence-electron chi connectivity index (χ4n) is 2.53. The second-order valence-electron chi connectivity index (χ2n) is 5.51. The van der Waals surface area contributed by atoms with Gasteiger partial charge in [-0.05, 0) is 35.4 Å². The molecule has 0 unspecified atom stereocenters. The van der Waals surface area contributed by atoms with Crippen molar-refractivity contribution in [2.75, 3.05) is 0 Å². The molecule has 25 heavy (non-hydrogen) atoms. The van der Waals surface area contributed by atoms with Crippen molar-refractivity contribution in [2.45, 2.75) is 19.3 Å². The number of alkyl halides is 3. The van der Waals surface area contributed by atoms with Gasteiger partial charge >= 0.3 is 6.18 Å². The summed E-state index contributed by atoms with van der Waals surface area (Å²) in [6, 6.07) is 11.1. The third kappa shape index (κ3) is 4.21. The molecule has 130 valence electrons. The predicted molar refractivity (Wildman–Crippen MR) is 90.6 cm³/mol. The van der Waals surface area contributed by atoms with Crippen molar-refractivity contribution in [1.82, 2.24) is 14.9 Å². The summed E-state index contributed by atoms with van der Waals surface area (Å²) in [4.78, 5) is 4.03. The number of rotatable bonds is 5. The maximum atomic E-state index is 12.8. The van der Waals surface area contributed by atoms with Crippen molar-refractivity contribution in [3.8, 4) is 5.69 Å². The highest BCUT2D eigenvalue weighted by Gasteiger charge is 2.30. The molecule has 1 heterocycles. The first-order valence-corrected chi connectivity index (χ1v) is 7.95. The van der Waals surface area contributed by atoms with Gasteiger partial charge in [-0.15, -0.1) is 0 Å². The van der Waals surface area contributed by atoms with Gasteiger partial charge in [-0.3, -0.25) is 0 Å². The van der Waals surface area contributed by atoms with Crippen molar-refractivity contribution < 1.29 is 13.2 Å². The highest BCUT2D eigenvalue weighted by atomic mass is 35.5. The predicted octanol–water partition coefficient (Wildman–Crippen LogP) is 4.83. The third-order valence-electron chi connectivity index (χ3n) is 3.78. The maximum Gasteiger partial charge on any atom is 0.416 e. The average Bonchev–Trinajstić information content (AvgIpc) is 3.10. The van der Waals surface area contributed by atoms with Crippen LogP contribution >= 0.6 is 11.6 Å². The number of aromatic nitrogens is 2. The molecule has 0 saturated carbocycles. The van der Waals surface area contributed by atoms with Crippen molar-refractivity contribution in [2.24, 2.45) is 0 Å². The summed E-state index contributed by atoms with van der Waals surface area (Å²) in [7, 11) is 0. The van der Waals surface area contributed by atoms with Crippen LogP contribution in [0.25, 0.3) is 5.69 Å². The number of halogens is 4. The van der Waals surface area contributed by atoms with Crippen molar-refractivity contribution in [3.63, 3.8) is 0 Å². The molecular weight excluding hydrogens is 351 g/mol. The number of para-hydroxylation sites is 1. The molecule has 3 nitrogen and oxygen atoms in total. The summed E-state index contributed by atoms with van der Waals surface area (Å²) >= 11 is 6.02. The summed E-state index contributed by atoms with van der Waals surface area (Å²) < 4.78 is 40.4. The zero-order valence-electron chi connectivity index (χ0n) is 13.1. The molecule has 0 atom stereocenters. The van der Waals surface area contributed by atoms with E-state index >= 15 is 0 Å². The second-order valence-corrected chi connectivity index (χ2v) is 5.91. The molecule has 1 aromatic heterocycles. The van der Waals surface area contributed by atoms with E-state index in [1.807, 2.05) is 35.0 Å². The van der Waals surface area contributed by atoms with Crippen LogP contribution < -0.4 is 5.32 Å². The molecule has 0 saturated heterocycles. The van der Waals surface area contributed by atoms with Crippen LogP contribution in [0.4, 0.5) is 13.2 Å². The van der Waals surface area contributed by atoms with Gasteiger partial charge in [0.1, 0.15) is 0 Å². The van der Waals surface area contributed by atoms with Gasteiger partial charge in [0.15, 0.2) is 0 Å². The van der Waals surface area contributed by atoms with Gasteiger partial charge in [-0.25, -0.2) is 4.98 Å². The lowest BCUT2D eigenvalue weighted by Gasteiger charge is -2.13. The summed E-state index contributed by atoms with van der Waals surface area (Å²) in [5.41, 5.74) is 1.68. The summed E-state index contributed by atoms with van der Waals surface area (Å²) in [5.74, 6) is 0. The second kappa shape index (κ2) is 7.29. The molecule has 3 rings (SSSR count). The smallest absolute Gasteiger partial charge is 0.308 e. The van der Waals surface area contributed by atoms with Crippen LogP contribution in [0.5, 0.6) is 0 Å². The Hall–Kier alpha value is -2.31. The van der Waals surface area contributed by atoms with Crippen LogP contribution in [0.1, 0.15) is 16.7 Å². The average molecular weight is 366 g/mol. The summed E-state index contributed by atoms with van der Waals surface area (Å²) in [6.07, 6.45) is 0.838. The first-order valence-electron chi connectivity index (χ1n) is 7.58. The molecule has 0 radical (unpaired) electrons. The van der Waals surface area contributed by atoms with E-state index in [0.717, 1.165) is 23.4 Å². The molecule has 0 bridgehead atoms. The van der Waals surface area contributed by atoms with Gasteiger partial charge in [0.05, 0.1) is 17.6 Å². The molecule has 3 aromatic rings. The van der Waals surface area contributed by atoms with E-state index in [1.165, 1.54) is 6.07 Å². The molecule has 7 heteroatoms. The number of benzene rings is 2. The largest absolute Gasteiger partial charge is 0.416 e. The molecule has 0 aliphatic heterocycles. The highest BCUT2D eigenvalue weighted by Crippen LogP contribution is 2.31. The Morgan fingerprint density at radius 3 is 2.52 bits per heavy atom. The molecule has 0 aliphatic rings. The van der Waals surface area contributed by atoms with Crippen LogP contribution in [0.2, 0.25) is 5.02 Å². The Morgan fingerprint density at radius 1 is 1.04 bits per heavy atom. The van der Waals surface area contributed by atoms with Crippen LogP contribution in [0.3, 0.4) is 0 Å². The zero-order chi connectivity index (χ0) is 17.9. The Labute approximate surface area is 148 Å². The SMILES string of the molecule is FC(F)(F)c1ccc(Cl)c(CNCc2ccccc2-n2ccnc2)c1. The number of hydrogen-bond acceptors (Lipinski definition) is 2. The Kier molecular flexibility index (Phi) is 5.11. The highest BCUT2D eigenvalue weighted by molar-refractivity contribution is 6.31. The minimum Gasteiger partial charge on any atom is -0.308 e. The van der Waals surface area contributed by atoms with Gasteiger partial charge in [0.2, 0.25) is 0 Å². The van der Waals surface area contributed by atoms with E-state index < -0.39 is 11.7 Å². The van der Waals surface area contributed by atoms with Gasteiger partial charge in [0, 0.05) is 30.5 Å². The lowest BCUT2D eigenvalue weighted by atomic mass is 10.1. The first-order chi connectivity index (χ1) is 11.9. The van der Waals surface area contributed by atoms with E-state index in [9.17, 15) is 13.2 Å². The quantitative estimate of drug-likeness (QED) is 0.701. The lowest BCUT2D eigenvalue weighted by Crippen LogP contribution is -2.15. The van der Waals surface area contributed by atoms with Crippen molar-refractivity contribution in [3.05, 3.63) is 82.9 Å². The number of imidazole rings is 1. The van der Waals surface area contributed by atoms with Gasteiger partial charge in [0.25, 0.3) is 0 Å². The standard InChI is InChI=1S/C18H15ClF3N3/c19-16-6-5-15(18(20,21)22)9-14(16)11-24-10-13-3-1-2-4-17(13)25-8-7-23-12-25/h1-9,12,24H,10-11H2. The minimum atomic E-state index is -4.38. The fourth-order valence-corrected chi connectivity index (χ4v) is 2.72. The monoisotopic (exact) mass is 365 g/mol. The fraction of sp³-hybridized carbons (Fsp3) is 0.167. The molecule has 0 spiro atoms. The van der Waals surface area contributed by atoms with E-state index in [1.54, 1.807) is 12.5 Å². The van der Waals surface area contributed by atoms with Crippen molar-refractivity contribution in [1.29, 1.82) is 0 Å². The van der Waals surface area contributed by atoms with E-state index in [2.05, 4.69) is 10.3 Å². The van der Waals surface area contributed by atoms with Gasteiger partial charge in [-0.1, -0.05) is 29.8 Å². The van der Waals surface area contributed by atoms with Crippen LogP contribution in [0.15, 0.2) is 61.2 Å². The molecule has 2 aromatic carbocycles. The Morgan fingerprint density at radius 2 is 1.80 bits per heavy atom. The summed E-state index contributed by atoms with van der Waals surface area (Å²) in [5, 5.41) is 3.46. The molecule has 0 fully saturated rings. The van der Waals surface area contributed by atoms with Crippen LogP contribution in [-0.2, 0) is 19.3 Å². The van der Waals surface area contributed by atoms with Crippen LogP contribution in [0, 0.1) is 0 Å². The van der Waals surface area contributed by atoms with Crippen molar-refractivity contribution >= 4 is 11.6 Å². The molecule has 0 aliphatic carbocycles. The maximum absolute atomic E-state index is 12.8. The lowest BCUT2D eigenvalue weighted by molar-refractivity contribution is -0.137. The van der Waals surface area contributed by atoms with Crippen LogP contribution in [-0.4, -0.2) is 9.55 Å². The van der Waals surface area contributed by atoms with Gasteiger partial charge < -0.3 is 9.88 Å². The minimum absolute atomic E-state index is 0.237. The van der Waals surface area contributed by atoms with Gasteiger partial charge in [-0.2, -0.15) is 13.2 Å². The Bertz CT molecular complexity index is 845. The molecular formula is C18H15ClF3N3. The Balaban J connectivity index is 1.72. The third-order valence-corrected chi connectivity index (χ3v) is 4.15. The zero-order valence-corrected chi connectivity index (χ0v) is 13.8. The molecule has 0 amide bonds. The van der Waals surface area contributed by atoms with E-state index in [-0.39, 0.29) is 6.54 Å². The summed E-state index contributed by atoms with van der Waals surface area (Å²) in [6.45, 7) is 0.724. The molecule has 1 N–H and O–H groups in total. The number of nitrogens with one attached hydrogen (secondary N) is 1. The number of nitrogens with zero attached hydrogens (tertiary/aromatic N) is 2. The topological polar surface area (TPSA) is 29.9 Å².